The van der Waals surface area contributed by atoms with Gasteiger partial charge in [0.1, 0.15) is 11.5 Å². The Morgan fingerprint density at radius 1 is 1.03 bits per heavy atom. The predicted molar refractivity (Wildman–Crippen MR) is 115 cm³/mol. The molecule has 0 spiro atoms. The Bertz CT molecular complexity index is 1010. The minimum absolute atomic E-state index is 0.0336. The molecule has 1 heterocycles. The van der Waals surface area contributed by atoms with E-state index >= 15 is 0 Å². The van der Waals surface area contributed by atoms with E-state index in [4.69, 9.17) is 9.47 Å². The van der Waals surface area contributed by atoms with Crippen LogP contribution < -0.4 is 19.1 Å². The first-order valence-electron chi connectivity index (χ1n) is 10.2. The van der Waals surface area contributed by atoms with Crippen LogP contribution in [-0.2, 0) is 14.8 Å². The van der Waals surface area contributed by atoms with Gasteiger partial charge in [-0.15, -0.1) is 0 Å². The Morgan fingerprint density at radius 3 is 2.40 bits per heavy atom. The summed E-state index contributed by atoms with van der Waals surface area (Å²) < 4.78 is 39.7. The normalized spacial score (nSPS) is 17.4. The van der Waals surface area contributed by atoms with Crippen molar-refractivity contribution in [2.45, 2.75) is 49.5 Å². The van der Waals surface area contributed by atoms with Crippen LogP contribution in [0.3, 0.4) is 0 Å². The van der Waals surface area contributed by atoms with Gasteiger partial charge in [-0.3, -0.25) is 9.52 Å². The third-order valence-corrected chi connectivity index (χ3v) is 6.92. The lowest BCUT2D eigenvalue weighted by molar-refractivity contribution is -0.117. The van der Waals surface area contributed by atoms with Crippen molar-refractivity contribution in [1.29, 1.82) is 0 Å². The summed E-state index contributed by atoms with van der Waals surface area (Å²) in [6.07, 6.45) is 5.95. The molecule has 30 heavy (non-hydrogen) atoms. The van der Waals surface area contributed by atoms with Gasteiger partial charge < -0.3 is 14.4 Å². The number of nitrogens with one attached hydrogen (secondary N) is 1. The van der Waals surface area contributed by atoms with Crippen molar-refractivity contribution >= 4 is 27.3 Å². The maximum atomic E-state index is 12.9. The van der Waals surface area contributed by atoms with Crippen LogP contribution in [0.2, 0.25) is 0 Å². The first-order chi connectivity index (χ1) is 14.5. The third kappa shape index (κ3) is 4.38. The van der Waals surface area contributed by atoms with E-state index in [1.165, 1.54) is 32.1 Å². The molecule has 0 radical (unpaired) electrons. The Kier molecular flexibility index (Phi) is 5.85. The van der Waals surface area contributed by atoms with Crippen LogP contribution >= 0.6 is 0 Å². The molecule has 1 aliphatic carbocycles. The first kappa shape index (κ1) is 20.5. The van der Waals surface area contributed by atoms with Gasteiger partial charge in [0.25, 0.3) is 10.0 Å². The second-order valence-electron chi connectivity index (χ2n) is 7.64. The van der Waals surface area contributed by atoms with Gasteiger partial charge in [-0.1, -0.05) is 0 Å². The highest BCUT2D eigenvalue weighted by molar-refractivity contribution is 7.92. The molecule has 4 rings (SSSR count). The van der Waals surface area contributed by atoms with Crippen molar-refractivity contribution in [3.8, 4) is 11.5 Å². The number of ether oxygens (including phenoxy) is 2. The molecule has 160 valence electrons. The number of anilines is 2. The van der Waals surface area contributed by atoms with Gasteiger partial charge in [0.2, 0.25) is 5.91 Å². The van der Waals surface area contributed by atoms with Crippen molar-refractivity contribution in [2.24, 2.45) is 0 Å². The number of hydrogen-bond donors (Lipinski definition) is 1. The standard InChI is InChI=1S/C22H26N2O5S/c1-28-21-13-12-19(15-20(21)24-14-4-7-22(24)25)30(26,27)23-16-8-10-18(11-9-16)29-17-5-2-3-6-17/h8-13,15,17,23H,2-7,14H2,1H3. The van der Waals surface area contributed by atoms with E-state index in [2.05, 4.69) is 4.72 Å². The number of carbonyl (C=O) groups excluding carboxylic acids is 1. The van der Waals surface area contributed by atoms with Crippen LogP contribution in [0.5, 0.6) is 11.5 Å². The van der Waals surface area contributed by atoms with Crippen LogP contribution in [-0.4, -0.2) is 34.1 Å². The molecule has 1 saturated carbocycles. The van der Waals surface area contributed by atoms with Crippen LogP contribution in [0.15, 0.2) is 47.4 Å². The molecule has 0 atom stereocenters. The Hall–Kier alpha value is -2.74. The minimum Gasteiger partial charge on any atom is -0.495 e. The molecule has 0 aromatic heterocycles. The van der Waals surface area contributed by atoms with Crippen LogP contribution in [0.25, 0.3) is 0 Å². The summed E-state index contributed by atoms with van der Waals surface area (Å²) in [6, 6.07) is 11.5. The zero-order valence-corrected chi connectivity index (χ0v) is 17.8. The number of benzene rings is 2. The quantitative estimate of drug-likeness (QED) is 0.719. The van der Waals surface area contributed by atoms with E-state index < -0.39 is 10.0 Å². The monoisotopic (exact) mass is 430 g/mol. The summed E-state index contributed by atoms with van der Waals surface area (Å²) in [4.78, 5) is 13.8. The summed E-state index contributed by atoms with van der Waals surface area (Å²) in [5, 5.41) is 0. The second-order valence-corrected chi connectivity index (χ2v) is 9.32. The number of amides is 1. The maximum Gasteiger partial charge on any atom is 0.261 e. The average Bonchev–Trinajstić information content (AvgIpc) is 3.40. The number of sulfonamides is 1. The molecule has 0 bridgehead atoms. The highest BCUT2D eigenvalue weighted by Crippen LogP contribution is 2.34. The molecule has 0 unspecified atom stereocenters. The van der Waals surface area contributed by atoms with Gasteiger partial charge in [-0.25, -0.2) is 8.42 Å². The summed E-state index contributed by atoms with van der Waals surface area (Å²) in [5.74, 6) is 1.18. The van der Waals surface area contributed by atoms with Crippen molar-refractivity contribution in [1.82, 2.24) is 0 Å². The fraction of sp³-hybridized carbons (Fsp3) is 0.409. The van der Waals surface area contributed by atoms with Crippen molar-refractivity contribution in [3.05, 3.63) is 42.5 Å². The van der Waals surface area contributed by atoms with Gasteiger partial charge in [-0.05, 0) is 74.6 Å². The lowest BCUT2D eigenvalue weighted by atomic mass is 10.2. The van der Waals surface area contributed by atoms with Crippen molar-refractivity contribution in [3.63, 3.8) is 0 Å². The molecular weight excluding hydrogens is 404 g/mol. The van der Waals surface area contributed by atoms with Gasteiger partial charge in [0, 0.05) is 18.7 Å². The van der Waals surface area contributed by atoms with E-state index in [-0.39, 0.29) is 16.9 Å². The van der Waals surface area contributed by atoms with Crippen molar-refractivity contribution in [2.75, 3.05) is 23.3 Å². The highest BCUT2D eigenvalue weighted by Gasteiger charge is 2.26. The highest BCUT2D eigenvalue weighted by atomic mass is 32.2. The smallest absolute Gasteiger partial charge is 0.261 e. The molecule has 1 saturated heterocycles. The molecule has 1 N–H and O–H groups in total. The molecular formula is C22H26N2O5S. The Balaban J connectivity index is 1.52. The Morgan fingerprint density at radius 2 is 1.77 bits per heavy atom. The van der Waals surface area contributed by atoms with Crippen molar-refractivity contribution < 1.29 is 22.7 Å². The van der Waals surface area contributed by atoms with Crippen LogP contribution in [0.1, 0.15) is 38.5 Å². The van der Waals surface area contributed by atoms with Gasteiger partial charge in [-0.2, -0.15) is 0 Å². The van der Waals surface area contributed by atoms with Crippen LogP contribution in [0, 0.1) is 0 Å². The summed E-state index contributed by atoms with van der Waals surface area (Å²) in [5.41, 5.74) is 0.923. The fourth-order valence-corrected chi connectivity index (χ4v) is 5.04. The lowest BCUT2D eigenvalue weighted by Crippen LogP contribution is -2.24. The van der Waals surface area contributed by atoms with Crippen LogP contribution in [0.4, 0.5) is 11.4 Å². The first-order valence-corrected chi connectivity index (χ1v) is 11.7. The van der Waals surface area contributed by atoms with E-state index in [1.807, 2.05) is 0 Å². The maximum absolute atomic E-state index is 12.9. The molecule has 2 aromatic rings. The summed E-state index contributed by atoms with van der Waals surface area (Å²) >= 11 is 0. The van der Waals surface area contributed by atoms with E-state index in [0.29, 0.717) is 30.1 Å². The summed E-state index contributed by atoms with van der Waals surface area (Å²) in [7, 11) is -2.33. The zero-order valence-electron chi connectivity index (χ0n) is 17.0. The largest absolute Gasteiger partial charge is 0.495 e. The molecule has 1 aliphatic heterocycles. The number of hydrogen-bond acceptors (Lipinski definition) is 5. The molecule has 2 fully saturated rings. The fourth-order valence-electron chi connectivity index (χ4n) is 3.97. The molecule has 1 amide bonds. The third-order valence-electron chi connectivity index (χ3n) is 5.54. The number of rotatable bonds is 7. The molecule has 2 aromatic carbocycles. The topological polar surface area (TPSA) is 84.9 Å². The van der Waals surface area contributed by atoms with Gasteiger partial charge in [0.15, 0.2) is 0 Å². The molecule has 8 heteroatoms. The zero-order chi connectivity index (χ0) is 21.1. The Labute approximate surface area is 177 Å². The molecule has 2 aliphatic rings. The van der Waals surface area contributed by atoms with E-state index in [0.717, 1.165) is 25.0 Å². The predicted octanol–water partition coefficient (Wildman–Crippen LogP) is 3.94. The van der Waals surface area contributed by atoms with Gasteiger partial charge in [0.05, 0.1) is 23.8 Å². The minimum atomic E-state index is -3.83. The number of nitrogens with zero attached hydrogens (tertiary/aromatic N) is 1. The van der Waals surface area contributed by atoms with E-state index in [9.17, 15) is 13.2 Å². The number of methoxy groups -OCH3 is 1. The molecule has 7 nitrogen and oxygen atoms in total. The van der Waals surface area contributed by atoms with E-state index in [1.54, 1.807) is 35.2 Å². The lowest BCUT2D eigenvalue weighted by Gasteiger charge is -2.20. The average molecular weight is 431 g/mol. The number of carbonyl (C=O) groups is 1. The summed E-state index contributed by atoms with van der Waals surface area (Å²) in [6.45, 7) is 0.550. The second kappa shape index (κ2) is 8.55. The SMILES string of the molecule is COc1ccc(S(=O)(=O)Nc2ccc(OC3CCCC3)cc2)cc1N1CCCC1=O. The van der Waals surface area contributed by atoms with Gasteiger partial charge >= 0.3 is 0 Å².